The number of carbonyl (C=O) groups is 2. The summed E-state index contributed by atoms with van der Waals surface area (Å²) < 4.78 is 10.1. The number of hydrogen-bond donors (Lipinski definition) is 1. The van der Waals surface area contributed by atoms with Crippen LogP contribution in [-0.4, -0.2) is 22.6 Å². The fourth-order valence-electron chi connectivity index (χ4n) is 1.32. The number of carbonyl (C=O) groups excluding carboxylic acids is 2. The van der Waals surface area contributed by atoms with Crippen molar-refractivity contribution in [3.05, 3.63) is 18.2 Å². The van der Waals surface area contributed by atoms with Crippen LogP contribution in [0.15, 0.2) is 18.2 Å². The standard InChI is InChI=1S/C14H20N2O4/c1-5-7-12(17)19-11-9-6-8-10(15-11)16-13(18)20-14(2,3)4/h6,8-9H,5,7H2,1-4H3,(H,15,16,18). The number of rotatable bonds is 4. The van der Waals surface area contributed by atoms with Crippen LogP contribution >= 0.6 is 0 Å². The second-order valence-electron chi connectivity index (χ2n) is 5.21. The Kier molecular flexibility index (Phi) is 5.49. The molecule has 0 atom stereocenters. The Bertz CT molecular complexity index is 480. The van der Waals surface area contributed by atoms with Gasteiger partial charge >= 0.3 is 12.1 Å². The van der Waals surface area contributed by atoms with Gasteiger partial charge in [-0.05, 0) is 33.3 Å². The summed E-state index contributed by atoms with van der Waals surface area (Å²) in [5.41, 5.74) is -0.588. The van der Waals surface area contributed by atoms with Gasteiger partial charge in [0.15, 0.2) is 0 Å². The van der Waals surface area contributed by atoms with Crippen molar-refractivity contribution in [2.75, 3.05) is 5.32 Å². The average molecular weight is 280 g/mol. The molecule has 0 aromatic carbocycles. The number of ether oxygens (including phenoxy) is 2. The molecule has 6 heteroatoms. The molecule has 1 heterocycles. The predicted molar refractivity (Wildman–Crippen MR) is 74.6 cm³/mol. The molecule has 0 bridgehead atoms. The van der Waals surface area contributed by atoms with E-state index >= 15 is 0 Å². The van der Waals surface area contributed by atoms with Crippen molar-refractivity contribution >= 4 is 17.9 Å². The third kappa shape index (κ3) is 6.17. The molecule has 0 spiro atoms. The van der Waals surface area contributed by atoms with Gasteiger partial charge in [-0.1, -0.05) is 13.0 Å². The lowest BCUT2D eigenvalue weighted by atomic mass is 10.2. The zero-order valence-corrected chi connectivity index (χ0v) is 12.2. The molecule has 110 valence electrons. The topological polar surface area (TPSA) is 77.5 Å². The highest BCUT2D eigenvalue weighted by Gasteiger charge is 2.16. The van der Waals surface area contributed by atoms with Crippen molar-refractivity contribution in [3.63, 3.8) is 0 Å². The Hall–Kier alpha value is -2.11. The van der Waals surface area contributed by atoms with Crippen molar-refractivity contribution in [2.45, 2.75) is 46.1 Å². The van der Waals surface area contributed by atoms with Crippen molar-refractivity contribution in [1.82, 2.24) is 4.98 Å². The lowest BCUT2D eigenvalue weighted by molar-refractivity contribution is -0.134. The van der Waals surface area contributed by atoms with Gasteiger partial charge in [0.05, 0.1) is 0 Å². The van der Waals surface area contributed by atoms with Crippen molar-refractivity contribution in [2.24, 2.45) is 0 Å². The molecule has 1 aromatic heterocycles. The van der Waals surface area contributed by atoms with Gasteiger partial charge in [0, 0.05) is 12.5 Å². The van der Waals surface area contributed by atoms with Crippen LogP contribution < -0.4 is 10.1 Å². The Morgan fingerprint density at radius 3 is 2.60 bits per heavy atom. The van der Waals surface area contributed by atoms with Crippen molar-refractivity contribution in [3.8, 4) is 5.88 Å². The van der Waals surface area contributed by atoms with E-state index in [0.29, 0.717) is 12.8 Å². The minimum Gasteiger partial charge on any atom is -0.444 e. The van der Waals surface area contributed by atoms with E-state index in [1.54, 1.807) is 39.0 Å². The summed E-state index contributed by atoms with van der Waals surface area (Å²) in [6.45, 7) is 7.18. The van der Waals surface area contributed by atoms with Crippen molar-refractivity contribution in [1.29, 1.82) is 0 Å². The summed E-state index contributed by atoms with van der Waals surface area (Å²) in [4.78, 5) is 27.0. The lowest BCUT2D eigenvalue weighted by Crippen LogP contribution is -2.27. The van der Waals surface area contributed by atoms with E-state index in [2.05, 4.69) is 10.3 Å². The van der Waals surface area contributed by atoms with Gasteiger partial charge in [-0.2, -0.15) is 4.98 Å². The largest absolute Gasteiger partial charge is 0.444 e. The van der Waals surface area contributed by atoms with Crippen LogP contribution in [0, 0.1) is 0 Å². The molecule has 1 amide bonds. The van der Waals surface area contributed by atoms with E-state index in [0.717, 1.165) is 0 Å². The number of anilines is 1. The molecule has 1 rings (SSSR count). The van der Waals surface area contributed by atoms with Gasteiger partial charge in [0.25, 0.3) is 0 Å². The summed E-state index contributed by atoms with van der Waals surface area (Å²) in [6, 6.07) is 4.77. The molecule has 1 N–H and O–H groups in total. The molecule has 0 aliphatic heterocycles. The van der Waals surface area contributed by atoms with Crippen LogP contribution in [0.4, 0.5) is 10.6 Å². The van der Waals surface area contributed by atoms with Crippen LogP contribution in [0.1, 0.15) is 40.5 Å². The predicted octanol–water partition coefficient (Wildman–Crippen LogP) is 3.13. The van der Waals surface area contributed by atoms with Gasteiger partial charge in [0.1, 0.15) is 11.4 Å². The molecular weight excluding hydrogens is 260 g/mol. The molecule has 0 saturated heterocycles. The first kappa shape index (κ1) is 15.9. The number of pyridine rings is 1. The first-order valence-corrected chi connectivity index (χ1v) is 6.48. The smallest absolute Gasteiger partial charge is 0.413 e. The van der Waals surface area contributed by atoms with E-state index in [-0.39, 0.29) is 17.7 Å². The summed E-state index contributed by atoms with van der Waals surface area (Å²) in [5, 5.41) is 2.48. The summed E-state index contributed by atoms with van der Waals surface area (Å²) in [7, 11) is 0. The molecule has 20 heavy (non-hydrogen) atoms. The lowest BCUT2D eigenvalue weighted by Gasteiger charge is -2.19. The van der Waals surface area contributed by atoms with Crippen LogP contribution in [0.3, 0.4) is 0 Å². The van der Waals surface area contributed by atoms with Crippen LogP contribution in [0.5, 0.6) is 5.88 Å². The molecule has 0 radical (unpaired) electrons. The molecule has 0 aliphatic rings. The molecule has 1 aromatic rings. The zero-order chi connectivity index (χ0) is 15.2. The maximum atomic E-state index is 11.6. The van der Waals surface area contributed by atoms with Crippen LogP contribution in [0.25, 0.3) is 0 Å². The number of nitrogens with one attached hydrogen (secondary N) is 1. The van der Waals surface area contributed by atoms with Gasteiger partial charge in [-0.25, -0.2) is 4.79 Å². The summed E-state index contributed by atoms with van der Waals surface area (Å²) in [5.74, 6) is 0.0625. The quantitative estimate of drug-likeness (QED) is 0.857. The summed E-state index contributed by atoms with van der Waals surface area (Å²) in [6.07, 6.45) is 0.419. The molecule has 6 nitrogen and oxygen atoms in total. The van der Waals surface area contributed by atoms with E-state index < -0.39 is 11.7 Å². The van der Waals surface area contributed by atoms with E-state index in [1.807, 2.05) is 6.92 Å². The molecule has 0 aliphatic carbocycles. The number of esters is 1. The first-order valence-electron chi connectivity index (χ1n) is 6.48. The van der Waals surface area contributed by atoms with Crippen LogP contribution in [-0.2, 0) is 9.53 Å². The highest BCUT2D eigenvalue weighted by molar-refractivity contribution is 5.83. The number of aromatic nitrogens is 1. The minimum absolute atomic E-state index is 0.150. The average Bonchev–Trinajstić information content (AvgIpc) is 2.26. The van der Waals surface area contributed by atoms with Gasteiger partial charge < -0.3 is 9.47 Å². The van der Waals surface area contributed by atoms with E-state index in [4.69, 9.17) is 9.47 Å². The third-order valence-corrected chi connectivity index (χ3v) is 2.03. The first-order chi connectivity index (χ1) is 9.30. The molecule has 0 saturated carbocycles. The SMILES string of the molecule is CCCC(=O)Oc1cccc(NC(=O)OC(C)(C)C)n1. The van der Waals surface area contributed by atoms with E-state index in [1.165, 1.54) is 0 Å². The highest BCUT2D eigenvalue weighted by atomic mass is 16.6. The Labute approximate surface area is 118 Å². The van der Waals surface area contributed by atoms with Gasteiger partial charge in [-0.3, -0.25) is 10.1 Å². The number of hydrogen-bond acceptors (Lipinski definition) is 5. The van der Waals surface area contributed by atoms with Crippen LogP contribution in [0.2, 0.25) is 0 Å². The highest BCUT2D eigenvalue weighted by Crippen LogP contribution is 2.14. The molecule has 0 unspecified atom stereocenters. The third-order valence-electron chi connectivity index (χ3n) is 2.03. The maximum absolute atomic E-state index is 11.6. The van der Waals surface area contributed by atoms with Gasteiger partial charge in [0.2, 0.25) is 5.88 Å². The zero-order valence-electron chi connectivity index (χ0n) is 12.2. The Morgan fingerprint density at radius 1 is 1.30 bits per heavy atom. The normalized spacial score (nSPS) is 10.8. The maximum Gasteiger partial charge on any atom is 0.413 e. The second kappa shape index (κ2) is 6.88. The molecule has 0 fully saturated rings. The van der Waals surface area contributed by atoms with Gasteiger partial charge in [-0.15, -0.1) is 0 Å². The number of amides is 1. The Morgan fingerprint density at radius 2 is 2.00 bits per heavy atom. The fraction of sp³-hybridized carbons (Fsp3) is 0.500. The van der Waals surface area contributed by atoms with E-state index in [9.17, 15) is 9.59 Å². The fourth-order valence-corrected chi connectivity index (χ4v) is 1.32. The monoisotopic (exact) mass is 280 g/mol. The Balaban J connectivity index is 2.64. The minimum atomic E-state index is -0.609. The summed E-state index contributed by atoms with van der Waals surface area (Å²) >= 11 is 0. The van der Waals surface area contributed by atoms with Crippen molar-refractivity contribution < 1.29 is 19.1 Å². The second-order valence-corrected chi connectivity index (χ2v) is 5.21. The molecular formula is C14H20N2O4. The number of nitrogens with zero attached hydrogens (tertiary/aromatic N) is 1.